The van der Waals surface area contributed by atoms with E-state index in [4.69, 9.17) is 0 Å². The maximum atomic E-state index is 12.8. The Bertz CT molecular complexity index is 978. The van der Waals surface area contributed by atoms with Crippen molar-refractivity contribution in [3.05, 3.63) is 63.7 Å². The first-order valence-corrected chi connectivity index (χ1v) is 11.7. The molecule has 8 nitrogen and oxygen atoms in total. The van der Waals surface area contributed by atoms with Crippen LogP contribution in [0.5, 0.6) is 0 Å². The number of carbonyl (C=O) groups excluding carboxylic acids is 1. The van der Waals surface area contributed by atoms with Gasteiger partial charge in [-0.25, -0.2) is 0 Å². The summed E-state index contributed by atoms with van der Waals surface area (Å²) in [6, 6.07) is 12.6. The zero-order chi connectivity index (χ0) is 23.4. The molecule has 2 heterocycles. The number of nitro benzene ring substituents is 1. The summed E-state index contributed by atoms with van der Waals surface area (Å²) in [5, 5.41) is 14.6. The molecule has 2 aliphatic heterocycles. The van der Waals surface area contributed by atoms with Gasteiger partial charge in [-0.05, 0) is 68.7 Å². The van der Waals surface area contributed by atoms with Crippen LogP contribution in [0.15, 0.2) is 42.5 Å². The lowest BCUT2D eigenvalue weighted by Gasteiger charge is -2.33. The molecule has 4 rings (SSSR count). The molecule has 8 heteroatoms. The molecule has 0 bridgehead atoms. The average molecular weight is 452 g/mol. The zero-order valence-corrected chi connectivity index (χ0v) is 19.5. The summed E-state index contributed by atoms with van der Waals surface area (Å²) in [4.78, 5) is 30.8. The maximum Gasteiger partial charge on any atom is 0.293 e. The van der Waals surface area contributed by atoms with E-state index in [-0.39, 0.29) is 17.2 Å². The topological polar surface area (TPSA) is 82.0 Å². The molecular weight excluding hydrogens is 418 g/mol. The summed E-state index contributed by atoms with van der Waals surface area (Å²) in [6.45, 7) is 8.64. The molecule has 2 fully saturated rings. The van der Waals surface area contributed by atoms with Crippen molar-refractivity contribution in [2.24, 2.45) is 5.92 Å². The van der Waals surface area contributed by atoms with Gasteiger partial charge in [-0.3, -0.25) is 19.8 Å². The number of nitrogens with one attached hydrogen (secondary N) is 1. The summed E-state index contributed by atoms with van der Waals surface area (Å²) in [5.74, 6) is 0.464. The third kappa shape index (κ3) is 5.89. The number of rotatable bonds is 6. The van der Waals surface area contributed by atoms with Crippen LogP contribution in [-0.2, 0) is 6.54 Å². The highest BCUT2D eigenvalue weighted by Crippen LogP contribution is 2.30. The van der Waals surface area contributed by atoms with E-state index in [9.17, 15) is 14.9 Å². The summed E-state index contributed by atoms with van der Waals surface area (Å²) < 4.78 is 0. The minimum atomic E-state index is -0.402. The van der Waals surface area contributed by atoms with Crippen molar-refractivity contribution in [3.63, 3.8) is 0 Å². The second kappa shape index (κ2) is 10.3. The van der Waals surface area contributed by atoms with Crippen molar-refractivity contribution in [2.75, 3.05) is 56.5 Å². The number of amides is 1. The lowest BCUT2D eigenvalue weighted by atomic mass is 9.99. The number of likely N-dealkylation sites (tertiary alicyclic amines) is 1. The molecule has 2 aromatic rings. The van der Waals surface area contributed by atoms with Crippen LogP contribution in [0.25, 0.3) is 0 Å². The Hall–Kier alpha value is -2.97. The highest BCUT2D eigenvalue weighted by Gasteiger charge is 2.24. The van der Waals surface area contributed by atoms with Crippen molar-refractivity contribution in [1.82, 2.24) is 9.80 Å². The lowest BCUT2D eigenvalue weighted by Crippen LogP contribution is -2.44. The largest absolute Gasteiger partial charge is 0.363 e. The molecule has 0 aliphatic carbocycles. The van der Waals surface area contributed by atoms with Crippen molar-refractivity contribution in [2.45, 2.75) is 26.3 Å². The van der Waals surface area contributed by atoms with Gasteiger partial charge in [0.2, 0.25) is 0 Å². The minimum absolute atomic E-state index is 0.0293. The molecule has 0 atom stereocenters. The molecule has 0 saturated carbocycles. The molecule has 2 aliphatic rings. The molecule has 0 spiro atoms. The van der Waals surface area contributed by atoms with Crippen LogP contribution in [0.2, 0.25) is 0 Å². The number of likely N-dealkylation sites (N-methyl/N-ethyl adjacent to an activating group) is 1. The van der Waals surface area contributed by atoms with Crippen LogP contribution < -0.4 is 10.2 Å². The van der Waals surface area contributed by atoms with Crippen LogP contribution >= 0.6 is 0 Å². The molecule has 33 heavy (non-hydrogen) atoms. The van der Waals surface area contributed by atoms with Crippen LogP contribution in [0, 0.1) is 16.0 Å². The van der Waals surface area contributed by atoms with E-state index in [0.717, 1.165) is 51.7 Å². The predicted molar refractivity (Wildman–Crippen MR) is 131 cm³/mol. The summed E-state index contributed by atoms with van der Waals surface area (Å²) in [5.41, 5.74) is 2.72. The van der Waals surface area contributed by atoms with E-state index in [2.05, 4.69) is 22.0 Å². The second-order valence-electron chi connectivity index (χ2n) is 9.36. The predicted octanol–water partition coefficient (Wildman–Crippen LogP) is 3.83. The highest BCUT2D eigenvalue weighted by atomic mass is 16.6. The Labute approximate surface area is 195 Å². The third-order valence-electron chi connectivity index (χ3n) is 6.77. The monoisotopic (exact) mass is 451 g/mol. The summed E-state index contributed by atoms with van der Waals surface area (Å²) in [7, 11) is 2.04. The van der Waals surface area contributed by atoms with Gasteiger partial charge in [0, 0.05) is 50.0 Å². The van der Waals surface area contributed by atoms with E-state index >= 15 is 0 Å². The summed E-state index contributed by atoms with van der Waals surface area (Å²) in [6.07, 6.45) is 2.49. The Kier molecular flexibility index (Phi) is 7.25. The van der Waals surface area contributed by atoms with Crippen LogP contribution in [0.1, 0.15) is 35.7 Å². The zero-order valence-electron chi connectivity index (χ0n) is 19.5. The van der Waals surface area contributed by atoms with Gasteiger partial charge >= 0.3 is 0 Å². The molecule has 0 radical (unpaired) electrons. The summed E-state index contributed by atoms with van der Waals surface area (Å²) >= 11 is 0. The van der Waals surface area contributed by atoms with E-state index in [1.54, 1.807) is 12.1 Å². The van der Waals surface area contributed by atoms with Crippen LogP contribution in [0.4, 0.5) is 17.1 Å². The van der Waals surface area contributed by atoms with E-state index in [1.165, 1.54) is 24.5 Å². The molecule has 0 aromatic heterocycles. The fourth-order valence-corrected chi connectivity index (χ4v) is 4.50. The first-order chi connectivity index (χ1) is 15.9. The Morgan fingerprint density at radius 2 is 1.70 bits per heavy atom. The number of nitrogens with zero attached hydrogens (tertiary/aromatic N) is 4. The molecular formula is C25H33N5O3. The number of hydrogen-bond donors (Lipinski definition) is 1. The number of hydrogen-bond acceptors (Lipinski definition) is 6. The fourth-order valence-electron chi connectivity index (χ4n) is 4.50. The minimum Gasteiger partial charge on any atom is -0.363 e. The first-order valence-electron chi connectivity index (χ1n) is 11.7. The molecule has 2 saturated heterocycles. The van der Waals surface area contributed by atoms with Crippen molar-refractivity contribution < 1.29 is 9.72 Å². The number of nitro groups is 1. The molecule has 2 aromatic carbocycles. The smallest absolute Gasteiger partial charge is 0.293 e. The van der Waals surface area contributed by atoms with Gasteiger partial charge in [0.25, 0.3) is 11.6 Å². The third-order valence-corrected chi connectivity index (χ3v) is 6.77. The number of benzene rings is 2. The van der Waals surface area contributed by atoms with E-state index in [1.807, 2.05) is 36.2 Å². The van der Waals surface area contributed by atoms with Crippen molar-refractivity contribution >= 4 is 23.0 Å². The first kappa shape index (κ1) is 23.2. The Morgan fingerprint density at radius 3 is 2.33 bits per heavy atom. The molecule has 1 amide bonds. The van der Waals surface area contributed by atoms with Crippen molar-refractivity contribution in [3.8, 4) is 0 Å². The average Bonchev–Trinajstić information content (AvgIpc) is 2.82. The van der Waals surface area contributed by atoms with Crippen molar-refractivity contribution in [1.29, 1.82) is 0 Å². The van der Waals surface area contributed by atoms with Gasteiger partial charge in [-0.2, -0.15) is 0 Å². The SMILES string of the molecule is CC1CCN(Cc2ccc(NC(=O)c3ccc(N4CCN(C)CC4)c([N+](=O)[O-])c3)cc2)CC1. The van der Waals surface area contributed by atoms with Gasteiger partial charge in [-0.1, -0.05) is 19.1 Å². The second-order valence-corrected chi connectivity index (χ2v) is 9.36. The quantitative estimate of drug-likeness (QED) is 0.531. The number of carbonyl (C=O) groups is 1. The number of piperidine rings is 1. The normalized spacial score (nSPS) is 18.3. The molecule has 176 valence electrons. The van der Waals surface area contributed by atoms with Gasteiger partial charge in [0.05, 0.1) is 4.92 Å². The molecule has 0 unspecified atom stereocenters. The van der Waals surface area contributed by atoms with Crippen LogP contribution in [-0.4, -0.2) is 66.9 Å². The molecule has 1 N–H and O–H groups in total. The maximum absolute atomic E-state index is 12.8. The Balaban J connectivity index is 1.40. The standard InChI is InChI=1S/C25H33N5O3/c1-19-9-11-28(12-10-19)18-20-3-6-22(7-4-20)26-25(31)21-5-8-23(24(17-21)30(32)33)29-15-13-27(2)14-16-29/h3-8,17,19H,9-16,18H2,1-2H3,(H,26,31). The van der Waals surface area contributed by atoms with Crippen LogP contribution in [0.3, 0.4) is 0 Å². The van der Waals surface area contributed by atoms with Gasteiger partial charge < -0.3 is 15.1 Å². The lowest BCUT2D eigenvalue weighted by molar-refractivity contribution is -0.384. The number of anilines is 2. The van der Waals surface area contributed by atoms with E-state index in [0.29, 0.717) is 11.4 Å². The highest BCUT2D eigenvalue weighted by molar-refractivity contribution is 6.05. The Morgan fingerprint density at radius 1 is 1.03 bits per heavy atom. The number of piperazine rings is 1. The van der Waals surface area contributed by atoms with Gasteiger partial charge in [0.1, 0.15) is 5.69 Å². The fraction of sp³-hybridized carbons (Fsp3) is 0.480. The van der Waals surface area contributed by atoms with Gasteiger partial charge in [-0.15, -0.1) is 0 Å². The van der Waals surface area contributed by atoms with Gasteiger partial charge in [0.15, 0.2) is 0 Å². The van der Waals surface area contributed by atoms with E-state index < -0.39 is 4.92 Å².